The molecule has 1 aliphatic carbocycles. The van der Waals surface area contributed by atoms with E-state index < -0.39 is 0 Å². The lowest BCUT2D eigenvalue weighted by atomic mass is 9.78. The Morgan fingerprint density at radius 2 is 2.08 bits per heavy atom. The number of piperidine rings is 1. The molecule has 2 nitrogen and oxygen atoms in total. The molecule has 2 rings (SSSR count). The number of ketones is 1. The number of rotatable bonds is 0. The van der Waals surface area contributed by atoms with Crippen LogP contribution < -0.4 is 4.90 Å². The summed E-state index contributed by atoms with van der Waals surface area (Å²) in [7, 11) is 4.02. The lowest BCUT2D eigenvalue weighted by molar-refractivity contribution is -0.866. The highest BCUT2D eigenvalue weighted by atomic mass is 16.1. The van der Waals surface area contributed by atoms with E-state index in [0.29, 0.717) is 5.78 Å². The van der Waals surface area contributed by atoms with E-state index in [0.717, 1.165) is 38.8 Å². The predicted molar refractivity (Wildman–Crippen MR) is 46.6 cm³/mol. The first kappa shape index (κ1) is 8.24. The van der Waals surface area contributed by atoms with Gasteiger partial charge >= 0.3 is 0 Å². The van der Waals surface area contributed by atoms with Gasteiger partial charge in [0.2, 0.25) is 0 Å². The van der Waals surface area contributed by atoms with Gasteiger partial charge in [-0.1, -0.05) is 0 Å². The standard InChI is InChI=1S/C10H17NO/c1-11-7-3-6-10(8-11)5-2-4-9(10)12/h11H,1-8H2. The monoisotopic (exact) mass is 167 g/mol. The molecule has 1 saturated carbocycles. The molecule has 12 heavy (non-hydrogen) atoms. The Morgan fingerprint density at radius 3 is 2.67 bits per heavy atom. The summed E-state index contributed by atoms with van der Waals surface area (Å²) < 4.78 is 0. The van der Waals surface area contributed by atoms with Gasteiger partial charge in [-0.25, -0.2) is 0 Å². The Hall–Kier alpha value is -0.370. The highest BCUT2D eigenvalue weighted by Gasteiger charge is 2.44. The van der Waals surface area contributed by atoms with E-state index in [9.17, 15) is 4.79 Å². The molecule has 0 aromatic rings. The van der Waals surface area contributed by atoms with Gasteiger partial charge in [0.05, 0.1) is 18.5 Å². The third-order valence-electron chi connectivity index (χ3n) is 3.42. The number of hydrogen-bond donors (Lipinski definition) is 1. The molecule has 2 aliphatic rings. The van der Waals surface area contributed by atoms with Crippen LogP contribution in [0.4, 0.5) is 0 Å². The van der Waals surface area contributed by atoms with Crippen molar-refractivity contribution in [1.82, 2.24) is 0 Å². The third kappa shape index (κ3) is 1.18. The molecule has 2 unspecified atom stereocenters. The summed E-state index contributed by atoms with van der Waals surface area (Å²) in [4.78, 5) is 13.0. The van der Waals surface area contributed by atoms with E-state index in [1.54, 1.807) is 0 Å². The normalized spacial score (nSPS) is 42.4. The number of likely N-dealkylation sites (tertiary alicyclic amines) is 1. The molecule has 1 saturated heterocycles. The van der Waals surface area contributed by atoms with Crippen LogP contribution in [0.1, 0.15) is 32.1 Å². The van der Waals surface area contributed by atoms with E-state index in [2.05, 4.69) is 7.05 Å². The Morgan fingerprint density at radius 1 is 1.33 bits per heavy atom. The molecule has 0 amide bonds. The van der Waals surface area contributed by atoms with Gasteiger partial charge in [-0.3, -0.25) is 4.79 Å². The second kappa shape index (κ2) is 2.84. The number of Topliss-reactive ketones (excluding diaryl/α,β-unsaturated/α-hetero) is 1. The van der Waals surface area contributed by atoms with Crippen LogP contribution in [0.3, 0.4) is 0 Å². The van der Waals surface area contributed by atoms with Crippen LogP contribution in [0.5, 0.6) is 0 Å². The SMILES string of the molecule is [CH2-][NH+]1CCCC2(CCCC2=O)C1. The van der Waals surface area contributed by atoms with Crippen molar-refractivity contribution in [3.8, 4) is 0 Å². The first-order valence-electron chi connectivity index (χ1n) is 4.93. The fourth-order valence-electron chi connectivity index (χ4n) is 2.78. The maximum atomic E-state index is 11.7. The van der Waals surface area contributed by atoms with Gasteiger partial charge in [-0.15, -0.1) is 0 Å². The molecule has 0 aromatic heterocycles. The van der Waals surface area contributed by atoms with Crippen molar-refractivity contribution in [2.24, 2.45) is 5.41 Å². The van der Waals surface area contributed by atoms with E-state index >= 15 is 0 Å². The van der Waals surface area contributed by atoms with E-state index in [4.69, 9.17) is 0 Å². The second-order valence-electron chi connectivity index (χ2n) is 4.34. The van der Waals surface area contributed by atoms with Crippen molar-refractivity contribution in [3.05, 3.63) is 7.05 Å². The molecule has 1 heterocycles. The molecule has 1 spiro atoms. The molecule has 68 valence electrons. The molecule has 2 heteroatoms. The van der Waals surface area contributed by atoms with Crippen molar-refractivity contribution in [2.45, 2.75) is 32.1 Å². The zero-order valence-corrected chi connectivity index (χ0v) is 7.57. The van der Waals surface area contributed by atoms with Crippen LogP contribution in [0.15, 0.2) is 0 Å². The van der Waals surface area contributed by atoms with Crippen LogP contribution >= 0.6 is 0 Å². The van der Waals surface area contributed by atoms with Crippen LogP contribution in [0.2, 0.25) is 0 Å². The van der Waals surface area contributed by atoms with Gasteiger partial charge in [-0.05, 0) is 25.7 Å². The highest BCUT2D eigenvalue weighted by molar-refractivity contribution is 5.86. The van der Waals surface area contributed by atoms with E-state index in [1.165, 1.54) is 11.3 Å². The zero-order valence-electron chi connectivity index (χ0n) is 7.57. The predicted octanol–water partition coefficient (Wildman–Crippen LogP) is 0.196. The summed E-state index contributed by atoms with van der Waals surface area (Å²) in [6, 6.07) is 0. The fourth-order valence-corrected chi connectivity index (χ4v) is 2.78. The minimum absolute atomic E-state index is 0.0648. The van der Waals surface area contributed by atoms with Crippen LogP contribution in [0.25, 0.3) is 0 Å². The first-order valence-corrected chi connectivity index (χ1v) is 4.93. The van der Waals surface area contributed by atoms with Crippen molar-refractivity contribution < 1.29 is 9.69 Å². The first-order chi connectivity index (χ1) is 5.73. The van der Waals surface area contributed by atoms with Crippen LogP contribution in [0, 0.1) is 12.5 Å². The molecule has 0 bridgehead atoms. The Labute approximate surface area is 73.9 Å². The lowest BCUT2D eigenvalue weighted by Crippen LogP contribution is -3.09. The van der Waals surface area contributed by atoms with Gasteiger partial charge in [0.1, 0.15) is 5.78 Å². The molecular formula is C10H17NO. The zero-order chi connectivity index (χ0) is 8.60. The van der Waals surface area contributed by atoms with Crippen molar-refractivity contribution >= 4 is 5.78 Å². The average Bonchev–Trinajstić information content (AvgIpc) is 2.33. The Bertz CT molecular complexity index is 202. The minimum atomic E-state index is 0.0648. The topological polar surface area (TPSA) is 21.5 Å². The van der Waals surface area contributed by atoms with Crippen molar-refractivity contribution in [1.29, 1.82) is 0 Å². The summed E-state index contributed by atoms with van der Waals surface area (Å²) in [6.07, 6.45) is 5.39. The van der Waals surface area contributed by atoms with Gasteiger partial charge in [0.25, 0.3) is 0 Å². The quantitative estimate of drug-likeness (QED) is 0.511. The summed E-state index contributed by atoms with van der Waals surface area (Å²) in [5, 5.41) is 0. The van der Waals surface area contributed by atoms with E-state index in [1.807, 2.05) is 0 Å². The lowest BCUT2D eigenvalue weighted by Gasteiger charge is -2.38. The van der Waals surface area contributed by atoms with Gasteiger partial charge in [0.15, 0.2) is 0 Å². The van der Waals surface area contributed by atoms with Crippen molar-refractivity contribution in [2.75, 3.05) is 13.1 Å². The maximum absolute atomic E-state index is 11.7. The summed E-state index contributed by atoms with van der Waals surface area (Å²) in [6.45, 7) is 2.14. The molecule has 1 aliphatic heterocycles. The maximum Gasteiger partial charge on any atom is 0.144 e. The smallest absolute Gasteiger partial charge is 0.144 e. The second-order valence-corrected chi connectivity index (χ2v) is 4.34. The fraction of sp³-hybridized carbons (Fsp3) is 0.800. The number of carbonyl (C=O) groups excluding carboxylic acids is 1. The molecule has 0 aromatic carbocycles. The van der Waals surface area contributed by atoms with Crippen molar-refractivity contribution in [3.63, 3.8) is 0 Å². The molecule has 2 atom stereocenters. The van der Waals surface area contributed by atoms with Crippen LogP contribution in [-0.4, -0.2) is 18.9 Å². The molecule has 0 radical (unpaired) electrons. The molecular weight excluding hydrogens is 150 g/mol. The number of quaternary nitrogens is 1. The highest BCUT2D eigenvalue weighted by Crippen LogP contribution is 2.38. The minimum Gasteiger partial charge on any atom is -0.467 e. The summed E-state index contributed by atoms with van der Waals surface area (Å²) in [5.74, 6) is 0.517. The van der Waals surface area contributed by atoms with Gasteiger partial charge < -0.3 is 4.90 Å². The molecule has 1 N–H and O–H groups in total. The summed E-state index contributed by atoms with van der Waals surface area (Å²) >= 11 is 0. The average molecular weight is 167 g/mol. The van der Waals surface area contributed by atoms with Gasteiger partial charge in [0, 0.05) is 6.42 Å². The van der Waals surface area contributed by atoms with Gasteiger partial charge in [-0.2, -0.15) is 7.05 Å². The molecule has 2 fully saturated rings. The number of hydrogen-bond acceptors (Lipinski definition) is 1. The summed E-state index contributed by atoms with van der Waals surface area (Å²) in [5.41, 5.74) is 0.0648. The number of nitrogens with one attached hydrogen (secondary N) is 1. The van der Waals surface area contributed by atoms with E-state index in [-0.39, 0.29) is 5.41 Å². The van der Waals surface area contributed by atoms with Crippen LogP contribution in [-0.2, 0) is 4.79 Å². The third-order valence-corrected chi connectivity index (χ3v) is 3.42. The largest absolute Gasteiger partial charge is 0.467 e. The Balaban J connectivity index is 2.13. The number of carbonyl (C=O) groups is 1. The Kier molecular flexibility index (Phi) is 1.95.